The Labute approximate surface area is 202 Å². The molecule has 4 aromatic carbocycles. The molecule has 0 fully saturated rings. The first-order valence-electron chi connectivity index (χ1n) is 10.7. The predicted molar refractivity (Wildman–Crippen MR) is 135 cm³/mol. The van der Waals surface area contributed by atoms with E-state index in [1.807, 2.05) is 84.9 Å². The summed E-state index contributed by atoms with van der Waals surface area (Å²) < 4.78 is 12.6. The summed E-state index contributed by atoms with van der Waals surface area (Å²) in [5.41, 5.74) is 3.45. The van der Waals surface area contributed by atoms with E-state index in [1.54, 1.807) is 6.07 Å². The minimum absolute atomic E-state index is 0.232. The molecule has 33 heavy (non-hydrogen) atoms. The van der Waals surface area contributed by atoms with Gasteiger partial charge in [0.2, 0.25) is 0 Å². The number of benzene rings is 4. The summed E-state index contributed by atoms with van der Waals surface area (Å²) in [6, 6.07) is 32.9. The second kappa shape index (κ2) is 11.3. The van der Waals surface area contributed by atoms with Crippen molar-refractivity contribution in [3.8, 4) is 11.5 Å². The predicted octanol–water partition coefficient (Wildman–Crippen LogP) is 6.90. The number of anilines is 1. The quantitative estimate of drug-likeness (QED) is 0.271. The highest BCUT2D eigenvalue weighted by atomic mass is 79.9. The van der Waals surface area contributed by atoms with Crippen LogP contribution in [0.5, 0.6) is 11.5 Å². The monoisotopic (exact) mass is 501 g/mol. The van der Waals surface area contributed by atoms with Crippen molar-refractivity contribution in [2.75, 3.05) is 11.9 Å². The van der Waals surface area contributed by atoms with Crippen LogP contribution in [-0.4, -0.2) is 12.5 Å². The standard InChI is InChI=1S/C28H24BrNO3/c29-23-11-16-27(32-18-17-21-7-3-1-4-8-21)26(19-23)28(31)30-24-12-14-25(15-13-24)33-20-22-9-5-2-6-10-22/h1-16,19H,17-18,20H2,(H,30,31). The molecule has 0 aromatic heterocycles. The van der Waals surface area contributed by atoms with E-state index in [0.717, 1.165) is 22.2 Å². The van der Waals surface area contributed by atoms with Crippen molar-refractivity contribution in [1.82, 2.24) is 0 Å². The first kappa shape index (κ1) is 22.6. The topological polar surface area (TPSA) is 47.6 Å². The fraction of sp³-hybridized carbons (Fsp3) is 0.107. The van der Waals surface area contributed by atoms with Gasteiger partial charge in [0.25, 0.3) is 5.91 Å². The Morgan fingerprint density at radius 3 is 2.12 bits per heavy atom. The molecule has 4 rings (SSSR count). The molecule has 4 aromatic rings. The molecular formula is C28H24BrNO3. The summed E-state index contributed by atoms with van der Waals surface area (Å²) >= 11 is 3.45. The van der Waals surface area contributed by atoms with Gasteiger partial charge in [-0.3, -0.25) is 4.79 Å². The number of hydrogen-bond acceptors (Lipinski definition) is 3. The maximum atomic E-state index is 13.0. The van der Waals surface area contributed by atoms with Crippen molar-refractivity contribution in [2.45, 2.75) is 13.0 Å². The maximum absolute atomic E-state index is 13.0. The van der Waals surface area contributed by atoms with E-state index in [2.05, 4.69) is 33.4 Å². The molecule has 0 bridgehead atoms. The third kappa shape index (κ3) is 6.70. The van der Waals surface area contributed by atoms with E-state index in [1.165, 1.54) is 5.56 Å². The van der Waals surface area contributed by atoms with Crippen LogP contribution >= 0.6 is 15.9 Å². The molecule has 0 aliphatic carbocycles. The summed E-state index contributed by atoms with van der Waals surface area (Å²) in [7, 11) is 0. The van der Waals surface area contributed by atoms with Gasteiger partial charge in [-0.1, -0.05) is 76.6 Å². The van der Waals surface area contributed by atoms with Gasteiger partial charge >= 0.3 is 0 Å². The first-order valence-corrected chi connectivity index (χ1v) is 11.5. The van der Waals surface area contributed by atoms with Crippen molar-refractivity contribution >= 4 is 27.5 Å². The Morgan fingerprint density at radius 1 is 0.758 bits per heavy atom. The van der Waals surface area contributed by atoms with Crippen LogP contribution < -0.4 is 14.8 Å². The second-order valence-electron chi connectivity index (χ2n) is 7.48. The first-order chi connectivity index (χ1) is 16.2. The van der Waals surface area contributed by atoms with Gasteiger partial charge in [-0.2, -0.15) is 0 Å². The average Bonchev–Trinajstić information content (AvgIpc) is 2.86. The van der Waals surface area contributed by atoms with Crippen LogP contribution in [0.3, 0.4) is 0 Å². The molecule has 0 radical (unpaired) electrons. The van der Waals surface area contributed by atoms with Crippen molar-refractivity contribution in [3.05, 3.63) is 124 Å². The second-order valence-corrected chi connectivity index (χ2v) is 8.39. The molecule has 0 atom stereocenters. The van der Waals surface area contributed by atoms with Gasteiger partial charge in [-0.25, -0.2) is 0 Å². The number of nitrogens with one attached hydrogen (secondary N) is 1. The molecule has 5 heteroatoms. The lowest BCUT2D eigenvalue weighted by Crippen LogP contribution is -2.14. The number of ether oxygens (including phenoxy) is 2. The van der Waals surface area contributed by atoms with Gasteiger partial charge < -0.3 is 14.8 Å². The third-order valence-electron chi connectivity index (χ3n) is 5.04. The van der Waals surface area contributed by atoms with Crippen LogP contribution in [0.4, 0.5) is 5.69 Å². The molecule has 1 amide bonds. The lowest BCUT2D eigenvalue weighted by Gasteiger charge is -2.13. The van der Waals surface area contributed by atoms with Crippen molar-refractivity contribution in [1.29, 1.82) is 0 Å². The van der Waals surface area contributed by atoms with Crippen LogP contribution in [0, 0.1) is 0 Å². The Morgan fingerprint density at radius 2 is 1.42 bits per heavy atom. The average molecular weight is 502 g/mol. The van der Waals surface area contributed by atoms with Crippen molar-refractivity contribution in [2.24, 2.45) is 0 Å². The Bertz CT molecular complexity index is 1180. The molecule has 0 spiro atoms. The zero-order chi connectivity index (χ0) is 22.9. The summed E-state index contributed by atoms with van der Waals surface area (Å²) in [5, 5.41) is 2.94. The van der Waals surface area contributed by atoms with Crippen molar-refractivity contribution < 1.29 is 14.3 Å². The Balaban J connectivity index is 1.36. The Kier molecular flexibility index (Phi) is 7.77. The lowest BCUT2D eigenvalue weighted by atomic mass is 10.1. The fourth-order valence-corrected chi connectivity index (χ4v) is 3.66. The van der Waals surface area contributed by atoms with Crippen LogP contribution in [-0.2, 0) is 13.0 Å². The van der Waals surface area contributed by atoms with Gasteiger partial charge in [0, 0.05) is 16.6 Å². The minimum atomic E-state index is -0.232. The van der Waals surface area contributed by atoms with E-state index in [0.29, 0.717) is 30.2 Å². The highest BCUT2D eigenvalue weighted by molar-refractivity contribution is 9.10. The maximum Gasteiger partial charge on any atom is 0.259 e. The number of amides is 1. The lowest BCUT2D eigenvalue weighted by molar-refractivity contribution is 0.102. The largest absolute Gasteiger partial charge is 0.492 e. The molecule has 0 aliphatic rings. The van der Waals surface area contributed by atoms with Gasteiger partial charge in [-0.05, 0) is 53.6 Å². The molecule has 0 saturated heterocycles. The molecule has 166 valence electrons. The number of hydrogen-bond donors (Lipinski definition) is 1. The molecule has 0 heterocycles. The van der Waals surface area contributed by atoms with Crippen LogP contribution in [0.25, 0.3) is 0 Å². The van der Waals surface area contributed by atoms with Crippen molar-refractivity contribution in [3.63, 3.8) is 0 Å². The van der Waals surface area contributed by atoms with Gasteiger partial charge in [0.05, 0.1) is 12.2 Å². The fourth-order valence-electron chi connectivity index (χ4n) is 3.30. The summed E-state index contributed by atoms with van der Waals surface area (Å²) in [6.07, 6.45) is 0.766. The third-order valence-corrected chi connectivity index (χ3v) is 5.53. The molecule has 0 saturated carbocycles. The Hall–Kier alpha value is -3.57. The highest BCUT2D eigenvalue weighted by Gasteiger charge is 2.14. The summed E-state index contributed by atoms with van der Waals surface area (Å²) in [6.45, 7) is 0.980. The molecular weight excluding hydrogens is 478 g/mol. The number of carbonyl (C=O) groups is 1. The van der Waals surface area contributed by atoms with Crippen LogP contribution in [0.2, 0.25) is 0 Å². The summed E-state index contributed by atoms with van der Waals surface area (Å²) in [5.74, 6) is 1.06. The van der Waals surface area contributed by atoms with Gasteiger partial charge in [-0.15, -0.1) is 0 Å². The normalized spacial score (nSPS) is 10.5. The zero-order valence-electron chi connectivity index (χ0n) is 18.0. The van der Waals surface area contributed by atoms with E-state index in [4.69, 9.17) is 9.47 Å². The number of rotatable bonds is 9. The molecule has 0 aliphatic heterocycles. The molecule has 0 unspecified atom stereocenters. The van der Waals surface area contributed by atoms with E-state index in [9.17, 15) is 4.79 Å². The molecule has 1 N–H and O–H groups in total. The van der Waals surface area contributed by atoms with E-state index < -0.39 is 0 Å². The minimum Gasteiger partial charge on any atom is -0.492 e. The summed E-state index contributed by atoms with van der Waals surface area (Å²) in [4.78, 5) is 13.0. The smallest absolute Gasteiger partial charge is 0.259 e. The van der Waals surface area contributed by atoms with Crippen LogP contribution in [0.1, 0.15) is 21.5 Å². The number of halogens is 1. The van der Waals surface area contributed by atoms with E-state index >= 15 is 0 Å². The molecule has 4 nitrogen and oxygen atoms in total. The van der Waals surface area contributed by atoms with Crippen LogP contribution in [0.15, 0.2) is 108 Å². The SMILES string of the molecule is O=C(Nc1ccc(OCc2ccccc2)cc1)c1cc(Br)ccc1OCCc1ccccc1. The highest BCUT2D eigenvalue weighted by Crippen LogP contribution is 2.25. The number of carbonyl (C=O) groups excluding carboxylic acids is 1. The van der Waals surface area contributed by atoms with Gasteiger partial charge in [0.15, 0.2) is 0 Å². The van der Waals surface area contributed by atoms with E-state index in [-0.39, 0.29) is 5.91 Å². The zero-order valence-corrected chi connectivity index (χ0v) is 19.6. The van der Waals surface area contributed by atoms with Gasteiger partial charge in [0.1, 0.15) is 18.1 Å².